The average Bonchev–Trinajstić information content (AvgIpc) is 3.21. The summed E-state index contributed by atoms with van der Waals surface area (Å²) in [6.07, 6.45) is -2.57. The van der Waals surface area contributed by atoms with Crippen LogP contribution in [-0.2, 0) is 4.74 Å². The number of hydrogen-bond donors (Lipinski definition) is 2. The molecule has 2 aromatic rings. The van der Waals surface area contributed by atoms with Crippen molar-refractivity contribution in [2.45, 2.75) is 43.2 Å². The Morgan fingerprint density at radius 2 is 2.00 bits per heavy atom. The van der Waals surface area contributed by atoms with Crippen molar-refractivity contribution in [2.24, 2.45) is 0 Å². The van der Waals surface area contributed by atoms with Crippen molar-refractivity contribution < 1.29 is 23.0 Å². The molecular formula is C19H21F3N4O3. The van der Waals surface area contributed by atoms with Crippen LogP contribution < -0.4 is 11.4 Å². The lowest BCUT2D eigenvalue weighted by Crippen LogP contribution is -2.43. The lowest BCUT2D eigenvalue weighted by Gasteiger charge is -2.28. The second-order valence-corrected chi connectivity index (χ2v) is 7.39. The van der Waals surface area contributed by atoms with Crippen molar-refractivity contribution in [1.82, 2.24) is 14.5 Å². The van der Waals surface area contributed by atoms with Crippen LogP contribution in [0.4, 0.5) is 19.0 Å². The summed E-state index contributed by atoms with van der Waals surface area (Å²) in [6.45, 7) is 0.681. The average molecular weight is 410 g/mol. The Balaban J connectivity index is 1.54. The quantitative estimate of drug-likeness (QED) is 0.797. The van der Waals surface area contributed by atoms with Crippen LogP contribution in [0.15, 0.2) is 41.3 Å². The number of benzene rings is 1. The van der Waals surface area contributed by atoms with E-state index in [1.165, 1.54) is 18.2 Å². The lowest BCUT2D eigenvalue weighted by molar-refractivity contribution is -0.140. The minimum atomic E-state index is -3.68. The zero-order chi connectivity index (χ0) is 20.8. The van der Waals surface area contributed by atoms with Crippen molar-refractivity contribution >= 4 is 5.82 Å². The van der Waals surface area contributed by atoms with E-state index >= 15 is 0 Å². The van der Waals surface area contributed by atoms with Crippen molar-refractivity contribution in [3.05, 3.63) is 58.4 Å². The molecule has 3 N–H and O–H groups in total. The minimum Gasteiger partial charge on any atom is -0.384 e. The van der Waals surface area contributed by atoms with Gasteiger partial charge in [-0.3, -0.25) is 9.47 Å². The highest BCUT2D eigenvalue weighted by atomic mass is 19.3. The first kappa shape index (κ1) is 19.9. The van der Waals surface area contributed by atoms with E-state index < -0.39 is 30.0 Å². The van der Waals surface area contributed by atoms with Gasteiger partial charge >= 0.3 is 11.6 Å². The van der Waals surface area contributed by atoms with Crippen LogP contribution in [0, 0.1) is 5.82 Å². The molecular weight excluding hydrogens is 389 g/mol. The van der Waals surface area contributed by atoms with Gasteiger partial charge in [-0.15, -0.1) is 0 Å². The van der Waals surface area contributed by atoms with E-state index in [0.29, 0.717) is 11.1 Å². The number of halogens is 3. The minimum absolute atomic E-state index is 0.0481. The fourth-order valence-electron chi connectivity index (χ4n) is 4.06. The van der Waals surface area contributed by atoms with E-state index in [0.717, 1.165) is 24.6 Å². The molecule has 29 heavy (non-hydrogen) atoms. The third kappa shape index (κ3) is 3.63. The number of ether oxygens (including phenoxy) is 1. The zero-order valence-corrected chi connectivity index (χ0v) is 15.4. The predicted octanol–water partition coefficient (Wildman–Crippen LogP) is 1.70. The maximum absolute atomic E-state index is 14.7. The number of likely N-dealkylation sites (tertiary alicyclic amines) is 1. The Morgan fingerprint density at radius 3 is 2.69 bits per heavy atom. The normalized spacial score (nSPS) is 29.4. The predicted molar refractivity (Wildman–Crippen MR) is 97.7 cm³/mol. The third-order valence-electron chi connectivity index (χ3n) is 5.52. The number of alkyl halides is 2. The first-order valence-corrected chi connectivity index (χ1v) is 9.33. The SMILES string of the molecule is Nc1ccn([C@@H]2O[C@H](CN3CCCC3c3ccc(F)cc3)[C@@H](O)C2(F)F)c(=O)n1. The third-order valence-corrected chi connectivity index (χ3v) is 5.52. The van der Waals surface area contributed by atoms with Gasteiger partial charge in [0.15, 0.2) is 0 Å². The van der Waals surface area contributed by atoms with E-state index in [2.05, 4.69) is 4.98 Å². The summed E-state index contributed by atoms with van der Waals surface area (Å²) >= 11 is 0. The Bertz CT molecular complexity index is 937. The van der Waals surface area contributed by atoms with Gasteiger partial charge in [-0.1, -0.05) is 12.1 Å². The molecule has 4 atom stereocenters. The summed E-state index contributed by atoms with van der Waals surface area (Å²) in [4.78, 5) is 17.4. The first-order valence-electron chi connectivity index (χ1n) is 9.33. The topological polar surface area (TPSA) is 93.6 Å². The van der Waals surface area contributed by atoms with Crippen molar-refractivity contribution in [3.63, 3.8) is 0 Å². The summed E-state index contributed by atoms with van der Waals surface area (Å²) < 4.78 is 48.7. The van der Waals surface area contributed by atoms with Crippen molar-refractivity contribution in [2.75, 3.05) is 18.8 Å². The smallest absolute Gasteiger partial charge is 0.351 e. The molecule has 1 aromatic heterocycles. The van der Waals surface area contributed by atoms with E-state index in [4.69, 9.17) is 10.5 Å². The number of aliphatic hydroxyl groups is 1. The van der Waals surface area contributed by atoms with Crippen molar-refractivity contribution in [1.29, 1.82) is 0 Å². The highest BCUT2D eigenvalue weighted by Crippen LogP contribution is 2.43. The summed E-state index contributed by atoms with van der Waals surface area (Å²) in [6, 6.07) is 7.18. The molecule has 0 spiro atoms. The molecule has 3 heterocycles. The highest BCUT2D eigenvalue weighted by molar-refractivity contribution is 5.24. The Hall–Kier alpha value is -2.43. The summed E-state index contributed by atoms with van der Waals surface area (Å²) in [5.41, 5.74) is 5.30. The number of aromatic nitrogens is 2. The fraction of sp³-hybridized carbons (Fsp3) is 0.474. The Morgan fingerprint density at radius 1 is 1.28 bits per heavy atom. The molecule has 2 aliphatic heterocycles. The van der Waals surface area contributed by atoms with E-state index in [1.54, 1.807) is 12.1 Å². The molecule has 7 nitrogen and oxygen atoms in total. The van der Waals surface area contributed by atoms with Gasteiger partial charge in [-0.05, 0) is 43.1 Å². The molecule has 2 fully saturated rings. The summed E-state index contributed by atoms with van der Waals surface area (Å²) in [5, 5.41) is 10.2. The molecule has 156 valence electrons. The maximum Gasteiger partial charge on any atom is 0.351 e. The van der Waals surface area contributed by atoms with Crippen molar-refractivity contribution in [3.8, 4) is 0 Å². The van der Waals surface area contributed by atoms with Crippen LogP contribution in [-0.4, -0.2) is 50.8 Å². The number of nitrogens with zero attached hydrogens (tertiary/aromatic N) is 3. The first-order chi connectivity index (χ1) is 13.8. The number of rotatable bonds is 4. The highest BCUT2D eigenvalue weighted by Gasteiger charge is 2.60. The fourth-order valence-corrected chi connectivity index (χ4v) is 4.06. The molecule has 0 aliphatic carbocycles. The van der Waals surface area contributed by atoms with E-state index in [1.807, 2.05) is 4.90 Å². The molecule has 4 rings (SSSR count). The lowest BCUT2D eigenvalue weighted by atomic mass is 10.0. The van der Waals surface area contributed by atoms with Gasteiger partial charge in [0.25, 0.3) is 0 Å². The van der Waals surface area contributed by atoms with Crippen LogP contribution >= 0.6 is 0 Å². The zero-order valence-electron chi connectivity index (χ0n) is 15.4. The van der Waals surface area contributed by atoms with Crippen LogP contribution in [0.3, 0.4) is 0 Å². The largest absolute Gasteiger partial charge is 0.384 e. The summed E-state index contributed by atoms with van der Waals surface area (Å²) in [7, 11) is 0. The van der Waals surface area contributed by atoms with Gasteiger partial charge in [0.05, 0.1) is 0 Å². The molecule has 1 unspecified atom stereocenters. The van der Waals surface area contributed by atoms with Gasteiger partial charge in [0, 0.05) is 18.8 Å². The van der Waals surface area contributed by atoms with E-state index in [-0.39, 0.29) is 24.2 Å². The molecule has 10 heteroatoms. The molecule has 2 aliphatic rings. The van der Waals surface area contributed by atoms with Crippen LogP contribution in [0.1, 0.15) is 30.7 Å². The Labute approximate surface area is 164 Å². The second-order valence-electron chi connectivity index (χ2n) is 7.39. The standard InChI is InChI=1S/C19H21F3N4O3/c20-12-5-3-11(4-6-12)13-2-1-8-25(13)10-14-16(27)19(21,22)17(29-14)26-9-7-15(23)24-18(26)28/h3-7,9,13-14,16-17,27H,1-2,8,10H2,(H2,23,24,28)/t13?,14-,16-,17-/m1/s1. The maximum atomic E-state index is 14.7. The number of nitrogens with two attached hydrogens (primary N) is 1. The van der Waals surface area contributed by atoms with Crippen LogP contribution in [0.2, 0.25) is 0 Å². The van der Waals surface area contributed by atoms with Gasteiger partial charge < -0.3 is 15.6 Å². The van der Waals surface area contributed by atoms with Gasteiger partial charge in [-0.2, -0.15) is 13.8 Å². The van der Waals surface area contributed by atoms with Gasteiger partial charge in [0.2, 0.25) is 6.23 Å². The Kier molecular flexibility index (Phi) is 5.09. The number of anilines is 1. The molecule has 0 saturated carbocycles. The number of nitrogen functional groups attached to an aromatic ring is 1. The number of aliphatic hydroxyl groups excluding tert-OH is 1. The molecule has 2 saturated heterocycles. The molecule has 0 bridgehead atoms. The monoisotopic (exact) mass is 410 g/mol. The summed E-state index contributed by atoms with van der Waals surface area (Å²) in [5.74, 6) is -4.13. The van der Waals surface area contributed by atoms with E-state index in [9.17, 15) is 23.1 Å². The molecule has 0 radical (unpaired) electrons. The molecule has 0 amide bonds. The van der Waals surface area contributed by atoms with Gasteiger partial charge in [-0.25, -0.2) is 9.18 Å². The van der Waals surface area contributed by atoms with Crippen LogP contribution in [0.5, 0.6) is 0 Å². The number of hydrogen-bond acceptors (Lipinski definition) is 6. The van der Waals surface area contributed by atoms with Gasteiger partial charge in [0.1, 0.15) is 23.8 Å². The molecule has 1 aromatic carbocycles. The van der Waals surface area contributed by atoms with Crippen LogP contribution in [0.25, 0.3) is 0 Å². The second kappa shape index (κ2) is 7.43.